The van der Waals surface area contributed by atoms with Gasteiger partial charge in [0.25, 0.3) is 0 Å². The highest BCUT2D eigenvalue weighted by molar-refractivity contribution is 5.96. The molecule has 2 rings (SSSR count). The van der Waals surface area contributed by atoms with Crippen LogP contribution < -0.4 is 5.73 Å². The molecule has 17 heavy (non-hydrogen) atoms. The Morgan fingerprint density at radius 2 is 2.35 bits per heavy atom. The van der Waals surface area contributed by atoms with Crippen molar-refractivity contribution < 1.29 is 9.53 Å². The largest absolute Gasteiger partial charge is 0.461 e. The number of carbonyl (C=O) groups is 1. The van der Waals surface area contributed by atoms with Gasteiger partial charge in [-0.1, -0.05) is 6.07 Å². The molecule has 6 nitrogen and oxygen atoms in total. The van der Waals surface area contributed by atoms with Gasteiger partial charge in [0.05, 0.1) is 18.0 Å². The smallest absolute Gasteiger partial charge is 0.358 e. The van der Waals surface area contributed by atoms with Crippen LogP contribution in [0.3, 0.4) is 0 Å². The number of aromatic amines is 1. The van der Waals surface area contributed by atoms with Gasteiger partial charge in [-0.25, -0.2) is 4.79 Å². The first-order valence-electron chi connectivity index (χ1n) is 5.16. The average molecular weight is 232 g/mol. The number of nitrogen functional groups attached to an aromatic ring is 1. The number of aromatic nitrogens is 3. The summed E-state index contributed by atoms with van der Waals surface area (Å²) in [7, 11) is 0. The number of H-pyrrole nitrogens is 1. The van der Waals surface area contributed by atoms with Gasteiger partial charge in [0.2, 0.25) is 0 Å². The number of ether oxygens (including phenoxy) is 1. The standard InChI is InChI=1S/C11H12N4O2/c1-2-17-11(16)10-8(12)9(14-15-10)7-5-3-4-6-13-7/h3-6H,2,12H2,1H3,(H,14,15). The lowest BCUT2D eigenvalue weighted by atomic mass is 10.2. The molecule has 0 saturated heterocycles. The molecule has 0 saturated carbocycles. The Bertz CT molecular complexity index is 522. The molecule has 0 fully saturated rings. The molecule has 0 unspecified atom stereocenters. The number of carbonyl (C=O) groups excluding carboxylic acids is 1. The van der Waals surface area contributed by atoms with Crippen LogP contribution in [0.2, 0.25) is 0 Å². The fourth-order valence-corrected chi connectivity index (χ4v) is 1.41. The van der Waals surface area contributed by atoms with Crippen molar-refractivity contribution in [3.63, 3.8) is 0 Å². The third-order valence-electron chi connectivity index (χ3n) is 2.19. The molecule has 6 heteroatoms. The maximum atomic E-state index is 11.5. The minimum absolute atomic E-state index is 0.160. The number of rotatable bonds is 3. The van der Waals surface area contributed by atoms with Crippen LogP contribution in [0.1, 0.15) is 17.4 Å². The highest BCUT2D eigenvalue weighted by Crippen LogP contribution is 2.24. The fourth-order valence-electron chi connectivity index (χ4n) is 1.41. The molecular weight excluding hydrogens is 220 g/mol. The topological polar surface area (TPSA) is 93.9 Å². The number of anilines is 1. The predicted molar refractivity (Wildman–Crippen MR) is 62.2 cm³/mol. The van der Waals surface area contributed by atoms with Crippen molar-refractivity contribution in [2.45, 2.75) is 6.92 Å². The van der Waals surface area contributed by atoms with E-state index in [2.05, 4.69) is 15.2 Å². The number of pyridine rings is 1. The number of esters is 1. The molecule has 0 atom stereocenters. The van der Waals surface area contributed by atoms with Gasteiger partial charge in [-0.2, -0.15) is 5.10 Å². The maximum absolute atomic E-state index is 11.5. The Morgan fingerprint density at radius 3 is 3.00 bits per heavy atom. The Kier molecular flexibility index (Phi) is 3.04. The summed E-state index contributed by atoms with van der Waals surface area (Å²) < 4.78 is 4.85. The van der Waals surface area contributed by atoms with Crippen LogP contribution in [0, 0.1) is 0 Å². The van der Waals surface area contributed by atoms with E-state index in [1.807, 2.05) is 6.07 Å². The molecule has 0 aliphatic rings. The van der Waals surface area contributed by atoms with Crippen molar-refractivity contribution in [1.29, 1.82) is 0 Å². The van der Waals surface area contributed by atoms with Crippen LogP contribution in [-0.4, -0.2) is 27.8 Å². The first kappa shape index (κ1) is 11.1. The number of nitrogens with one attached hydrogen (secondary N) is 1. The molecule has 3 N–H and O–H groups in total. The average Bonchev–Trinajstić information content (AvgIpc) is 2.72. The van der Waals surface area contributed by atoms with Crippen LogP contribution >= 0.6 is 0 Å². The fraction of sp³-hybridized carbons (Fsp3) is 0.182. The summed E-state index contributed by atoms with van der Waals surface area (Å²) in [6.45, 7) is 2.01. The number of hydrogen-bond acceptors (Lipinski definition) is 5. The van der Waals surface area contributed by atoms with Crippen molar-refractivity contribution in [1.82, 2.24) is 15.2 Å². The van der Waals surface area contributed by atoms with Gasteiger partial charge in [-0.15, -0.1) is 0 Å². The summed E-state index contributed by atoms with van der Waals surface area (Å²) in [5.74, 6) is -0.514. The Morgan fingerprint density at radius 1 is 1.53 bits per heavy atom. The van der Waals surface area contributed by atoms with Gasteiger partial charge < -0.3 is 10.5 Å². The van der Waals surface area contributed by atoms with E-state index in [4.69, 9.17) is 10.5 Å². The van der Waals surface area contributed by atoms with Gasteiger partial charge in [0.1, 0.15) is 5.69 Å². The minimum atomic E-state index is -0.514. The Hall–Kier alpha value is -2.37. The highest BCUT2D eigenvalue weighted by atomic mass is 16.5. The minimum Gasteiger partial charge on any atom is -0.461 e. The van der Waals surface area contributed by atoms with Gasteiger partial charge >= 0.3 is 5.97 Å². The predicted octanol–water partition coefficient (Wildman–Crippen LogP) is 1.23. The molecule has 0 aliphatic heterocycles. The number of hydrogen-bond donors (Lipinski definition) is 2. The zero-order valence-corrected chi connectivity index (χ0v) is 9.30. The number of nitrogens with zero attached hydrogens (tertiary/aromatic N) is 2. The van der Waals surface area contributed by atoms with Gasteiger partial charge in [-0.3, -0.25) is 10.1 Å². The Balaban J connectivity index is 2.37. The van der Waals surface area contributed by atoms with Crippen molar-refractivity contribution in [2.24, 2.45) is 0 Å². The van der Waals surface area contributed by atoms with Crippen LogP contribution in [0.4, 0.5) is 5.69 Å². The molecule has 0 aromatic carbocycles. The molecule has 2 heterocycles. The third-order valence-corrected chi connectivity index (χ3v) is 2.19. The molecular formula is C11H12N4O2. The van der Waals surface area contributed by atoms with Crippen molar-refractivity contribution in [2.75, 3.05) is 12.3 Å². The second-order valence-corrected chi connectivity index (χ2v) is 3.30. The van der Waals surface area contributed by atoms with Crippen LogP contribution in [-0.2, 0) is 4.74 Å². The van der Waals surface area contributed by atoms with Crippen LogP contribution in [0.25, 0.3) is 11.4 Å². The van der Waals surface area contributed by atoms with E-state index in [1.165, 1.54) is 0 Å². The SMILES string of the molecule is CCOC(=O)c1[nH]nc(-c2ccccn2)c1N. The lowest BCUT2D eigenvalue weighted by molar-refractivity contribution is 0.0520. The molecule has 0 spiro atoms. The normalized spacial score (nSPS) is 10.2. The number of nitrogens with two attached hydrogens (primary N) is 1. The summed E-state index contributed by atoms with van der Waals surface area (Å²) in [5, 5.41) is 6.54. The van der Waals surface area contributed by atoms with Crippen molar-refractivity contribution in [3.8, 4) is 11.4 Å². The molecule has 0 aliphatic carbocycles. The third kappa shape index (κ3) is 2.10. The summed E-state index contributed by atoms with van der Waals surface area (Å²) >= 11 is 0. The van der Waals surface area contributed by atoms with Gasteiger partial charge in [0.15, 0.2) is 5.69 Å². The van der Waals surface area contributed by atoms with E-state index >= 15 is 0 Å². The van der Waals surface area contributed by atoms with Crippen molar-refractivity contribution >= 4 is 11.7 Å². The Labute approximate surface area is 97.8 Å². The molecule has 2 aromatic rings. The quantitative estimate of drug-likeness (QED) is 0.776. The second-order valence-electron chi connectivity index (χ2n) is 3.30. The molecule has 0 amide bonds. The summed E-state index contributed by atoms with van der Waals surface area (Å²) in [5.41, 5.74) is 7.30. The first-order valence-corrected chi connectivity index (χ1v) is 5.16. The summed E-state index contributed by atoms with van der Waals surface area (Å²) in [6, 6.07) is 5.38. The van der Waals surface area contributed by atoms with E-state index in [0.29, 0.717) is 11.4 Å². The second kappa shape index (κ2) is 4.65. The van der Waals surface area contributed by atoms with E-state index in [9.17, 15) is 4.79 Å². The van der Waals surface area contributed by atoms with Crippen molar-refractivity contribution in [3.05, 3.63) is 30.1 Å². The first-order chi connectivity index (χ1) is 8.24. The van der Waals surface area contributed by atoms with Gasteiger partial charge in [-0.05, 0) is 19.1 Å². The molecule has 88 valence electrons. The zero-order chi connectivity index (χ0) is 12.3. The molecule has 2 aromatic heterocycles. The zero-order valence-electron chi connectivity index (χ0n) is 9.30. The monoisotopic (exact) mass is 232 g/mol. The maximum Gasteiger partial charge on any atom is 0.358 e. The van der Waals surface area contributed by atoms with Crippen LogP contribution in [0.15, 0.2) is 24.4 Å². The summed E-state index contributed by atoms with van der Waals surface area (Å²) in [6.07, 6.45) is 1.63. The van der Waals surface area contributed by atoms with E-state index in [-0.39, 0.29) is 18.0 Å². The lowest BCUT2D eigenvalue weighted by Crippen LogP contribution is -2.07. The van der Waals surface area contributed by atoms with E-state index in [0.717, 1.165) is 0 Å². The molecule has 0 radical (unpaired) electrons. The van der Waals surface area contributed by atoms with E-state index in [1.54, 1.807) is 25.3 Å². The van der Waals surface area contributed by atoms with Gasteiger partial charge in [0, 0.05) is 6.20 Å². The lowest BCUT2D eigenvalue weighted by Gasteiger charge is -2.00. The highest BCUT2D eigenvalue weighted by Gasteiger charge is 2.19. The summed E-state index contributed by atoms with van der Waals surface area (Å²) in [4.78, 5) is 15.6. The van der Waals surface area contributed by atoms with Crippen LogP contribution in [0.5, 0.6) is 0 Å². The molecule has 0 bridgehead atoms. The van der Waals surface area contributed by atoms with E-state index < -0.39 is 5.97 Å².